The van der Waals surface area contributed by atoms with Crippen LogP contribution in [0.1, 0.15) is 0 Å². The van der Waals surface area contributed by atoms with Crippen LogP contribution in [0.4, 0.5) is 0 Å². The number of hydrogen-bond acceptors (Lipinski definition) is 3. The lowest BCUT2D eigenvalue weighted by molar-refractivity contribution is 0.203. The Hall–Kier alpha value is 1.47. The lowest BCUT2D eigenvalue weighted by Gasteiger charge is -2.13. The fourth-order valence-electron chi connectivity index (χ4n) is 0.416. The molecule has 0 fully saturated rings. The molecular weight excluding hydrogens is 293 g/mol. The van der Waals surface area contributed by atoms with Crippen LogP contribution < -0.4 is 0 Å². The first-order valence-electron chi connectivity index (χ1n) is 3.75. The Balaban J connectivity index is 3.40. The van der Waals surface area contributed by atoms with Crippen molar-refractivity contribution in [3.63, 3.8) is 0 Å². The molecule has 0 spiro atoms. The van der Waals surface area contributed by atoms with E-state index >= 15 is 0 Å². The molecule has 0 aliphatic rings. The van der Waals surface area contributed by atoms with Crippen molar-refractivity contribution in [3.8, 4) is 0 Å². The summed E-state index contributed by atoms with van der Waals surface area (Å²) in [6, 6.07) is 0. The normalized spacial score (nSPS) is 17.8. The Labute approximate surface area is 105 Å². The van der Waals surface area contributed by atoms with Crippen LogP contribution in [0.15, 0.2) is 0 Å². The highest BCUT2D eigenvalue weighted by Crippen LogP contribution is 2.33. The van der Waals surface area contributed by atoms with Gasteiger partial charge in [0, 0.05) is 11.8 Å². The van der Waals surface area contributed by atoms with Gasteiger partial charge < -0.3 is 13.9 Å². The van der Waals surface area contributed by atoms with E-state index in [9.17, 15) is 0 Å². The molecule has 0 aliphatic carbocycles. The van der Waals surface area contributed by atoms with E-state index < -0.39 is 8.60 Å². The van der Waals surface area contributed by atoms with Gasteiger partial charge in [0.15, 0.2) is 0 Å². The van der Waals surface area contributed by atoms with Crippen LogP contribution in [-0.4, -0.2) is 40.6 Å². The number of halogens is 4. The molecule has 3 nitrogen and oxygen atoms in total. The van der Waals surface area contributed by atoms with Crippen molar-refractivity contribution in [1.82, 2.24) is 0 Å². The standard InChI is InChI=1S/C6H11Cl4O3P/c7-1-5(9)3-12-14(11)13-4-6(10)2-8/h5-6,11H,1-4H2. The predicted molar refractivity (Wildman–Crippen MR) is 61.8 cm³/mol. The molecule has 0 aromatic carbocycles. The molecule has 0 aromatic rings. The van der Waals surface area contributed by atoms with Gasteiger partial charge in [0.2, 0.25) is 0 Å². The average molecular weight is 304 g/mol. The van der Waals surface area contributed by atoms with Crippen LogP contribution in [0.2, 0.25) is 0 Å². The summed E-state index contributed by atoms with van der Waals surface area (Å²) >= 11 is 22.1. The van der Waals surface area contributed by atoms with Gasteiger partial charge in [0.1, 0.15) is 0 Å². The fourth-order valence-corrected chi connectivity index (χ4v) is 1.58. The van der Waals surface area contributed by atoms with E-state index in [1.807, 2.05) is 0 Å². The topological polar surface area (TPSA) is 38.7 Å². The largest absolute Gasteiger partial charge is 0.329 e. The smallest absolute Gasteiger partial charge is 0.328 e. The molecule has 0 aliphatic heterocycles. The second-order valence-electron chi connectivity index (χ2n) is 2.33. The summed E-state index contributed by atoms with van der Waals surface area (Å²) in [6.45, 7) is 0.280. The van der Waals surface area contributed by atoms with Gasteiger partial charge in [-0.05, 0) is 0 Å². The van der Waals surface area contributed by atoms with Crippen molar-refractivity contribution >= 4 is 55.0 Å². The first-order valence-corrected chi connectivity index (χ1v) is 6.82. The van der Waals surface area contributed by atoms with Crippen molar-refractivity contribution in [1.29, 1.82) is 0 Å². The lowest BCUT2D eigenvalue weighted by Crippen LogP contribution is -2.12. The molecular formula is C6H11Cl4O3P. The zero-order chi connectivity index (χ0) is 11.0. The quantitative estimate of drug-likeness (QED) is 0.553. The molecule has 0 saturated heterocycles. The monoisotopic (exact) mass is 302 g/mol. The highest BCUT2D eigenvalue weighted by atomic mass is 35.5. The first-order chi connectivity index (χ1) is 6.60. The van der Waals surface area contributed by atoms with Crippen molar-refractivity contribution in [3.05, 3.63) is 0 Å². The molecule has 2 atom stereocenters. The zero-order valence-corrected chi connectivity index (χ0v) is 11.1. The summed E-state index contributed by atoms with van der Waals surface area (Å²) in [7, 11) is -1.94. The molecule has 0 amide bonds. The Morgan fingerprint density at radius 2 is 1.36 bits per heavy atom. The van der Waals surface area contributed by atoms with Crippen molar-refractivity contribution in [2.45, 2.75) is 10.8 Å². The van der Waals surface area contributed by atoms with Gasteiger partial charge in [0.25, 0.3) is 0 Å². The van der Waals surface area contributed by atoms with Crippen LogP contribution in [0.3, 0.4) is 0 Å². The third kappa shape index (κ3) is 8.75. The summed E-state index contributed by atoms with van der Waals surface area (Å²) in [5, 5.41) is -0.672. The Kier molecular flexibility index (Phi) is 10.7. The summed E-state index contributed by atoms with van der Waals surface area (Å²) in [6.07, 6.45) is 0. The number of alkyl halides is 4. The van der Waals surface area contributed by atoms with Gasteiger partial charge in [-0.1, -0.05) is 0 Å². The van der Waals surface area contributed by atoms with Gasteiger partial charge in [-0.2, -0.15) is 0 Å². The Bertz CT molecular complexity index is 128. The summed E-state index contributed by atoms with van der Waals surface area (Å²) in [4.78, 5) is 9.15. The molecule has 0 bridgehead atoms. The van der Waals surface area contributed by atoms with Gasteiger partial charge >= 0.3 is 8.60 Å². The molecule has 0 rings (SSSR count). The SMILES string of the molecule is OP(OCC(Cl)CCl)OCC(Cl)CCl. The van der Waals surface area contributed by atoms with Crippen LogP contribution in [-0.2, 0) is 9.05 Å². The minimum atomic E-state index is -1.94. The van der Waals surface area contributed by atoms with Crippen LogP contribution in [0.5, 0.6) is 0 Å². The van der Waals surface area contributed by atoms with Crippen LogP contribution >= 0.6 is 55.0 Å². The molecule has 0 radical (unpaired) electrons. The van der Waals surface area contributed by atoms with E-state index in [4.69, 9.17) is 60.3 Å². The van der Waals surface area contributed by atoms with Crippen molar-refractivity contribution in [2.24, 2.45) is 0 Å². The highest BCUT2D eigenvalue weighted by molar-refractivity contribution is 7.40. The minimum Gasteiger partial charge on any atom is -0.328 e. The molecule has 1 N–H and O–H groups in total. The molecule has 8 heteroatoms. The first kappa shape index (κ1) is 15.5. The predicted octanol–water partition coefficient (Wildman–Crippen LogP) is 2.93. The van der Waals surface area contributed by atoms with Gasteiger partial charge in [-0.3, -0.25) is 0 Å². The molecule has 0 heterocycles. The van der Waals surface area contributed by atoms with Crippen LogP contribution in [0.25, 0.3) is 0 Å². The maximum absolute atomic E-state index is 9.15. The molecule has 14 heavy (non-hydrogen) atoms. The highest BCUT2D eigenvalue weighted by Gasteiger charge is 2.12. The molecule has 86 valence electrons. The van der Waals surface area contributed by atoms with Gasteiger partial charge in [-0.25, -0.2) is 0 Å². The maximum Gasteiger partial charge on any atom is 0.329 e. The van der Waals surface area contributed by atoms with Gasteiger partial charge in [0.05, 0.1) is 24.0 Å². The van der Waals surface area contributed by atoms with E-state index in [0.29, 0.717) is 0 Å². The van der Waals surface area contributed by atoms with E-state index in [2.05, 4.69) is 0 Å². The summed E-state index contributed by atoms with van der Waals surface area (Å²) < 4.78 is 9.74. The van der Waals surface area contributed by atoms with E-state index in [1.54, 1.807) is 0 Å². The number of rotatable bonds is 8. The van der Waals surface area contributed by atoms with E-state index in [-0.39, 0.29) is 35.7 Å². The van der Waals surface area contributed by atoms with Crippen molar-refractivity contribution < 1.29 is 13.9 Å². The maximum atomic E-state index is 9.15. The lowest BCUT2D eigenvalue weighted by atomic mass is 10.5. The third-order valence-electron chi connectivity index (χ3n) is 1.07. The van der Waals surface area contributed by atoms with E-state index in [0.717, 1.165) is 0 Å². The van der Waals surface area contributed by atoms with Gasteiger partial charge in [-0.15, -0.1) is 46.4 Å². The molecule has 2 unspecified atom stereocenters. The average Bonchev–Trinajstić information content (AvgIpc) is 2.22. The Morgan fingerprint density at radius 3 is 1.64 bits per heavy atom. The second-order valence-corrected chi connectivity index (χ2v) is 5.18. The molecule has 0 saturated carbocycles. The zero-order valence-electron chi connectivity index (χ0n) is 7.21. The third-order valence-corrected chi connectivity index (χ3v) is 3.43. The fraction of sp³-hybridized carbons (Fsp3) is 1.00. The molecule has 0 aromatic heterocycles. The van der Waals surface area contributed by atoms with Crippen LogP contribution in [0, 0.1) is 0 Å². The Morgan fingerprint density at radius 1 is 1.00 bits per heavy atom. The minimum absolute atomic E-state index is 0.140. The number of hydrogen-bond donors (Lipinski definition) is 1. The second kappa shape index (κ2) is 9.68. The van der Waals surface area contributed by atoms with Crippen molar-refractivity contribution in [2.75, 3.05) is 25.0 Å². The summed E-state index contributed by atoms with van der Waals surface area (Å²) in [5.74, 6) is 0.509. The van der Waals surface area contributed by atoms with E-state index in [1.165, 1.54) is 0 Å². The summed E-state index contributed by atoms with van der Waals surface area (Å²) in [5.41, 5.74) is 0.